The van der Waals surface area contributed by atoms with E-state index in [2.05, 4.69) is 27.2 Å². The van der Waals surface area contributed by atoms with Crippen molar-refractivity contribution < 1.29 is 9.59 Å². The van der Waals surface area contributed by atoms with E-state index < -0.39 is 11.7 Å². The Balaban J connectivity index is 2.13. The van der Waals surface area contributed by atoms with Gasteiger partial charge in [-0.3, -0.25) is 9.59 Å². The van der Waals surface area contributed by atoms with Crippen molar-refractivity contribution in [3.63, 3.8) is 0 Å². The van der Waals surface area contributed by atoms with Gasteiger partial charge in [0.1, 0.15) is 0 Å². The SMILES string of the molecule is [N-]=[N+]=NCCC#Cc1ccc2c(c1)NC(=O)C2=O. The summed E-state index contributed by atoms with van der Waals surface area (Å²) in [4.78, 5) is 25.1. The zero-order chi connectivity index (χ0) is 13.0. The summed E-state index contributed by atoms with van der Waals surface area (Å²) >= 11 is 0. The maximum atomic E-state index is 11.3. The van der Waals surface area contributed by atoms with Crippen LogP contribution in [-0.2, 0) is 4.79 Å². The van der Waals surface area contributed by atoms with Gasteiger partial charge in [-0.15, -0.1) is 0 Å². The number of amides is 1. The molecule has 0 unspecified atom stereocenters. The largest absolute Gasteiger partial charge is 0.318 e. The minimum Gasteiger partial charge on any atom is -0.318 e. The zero-order valence-electron chi connectivity index (χ0n) is 9.30. The number of carbonyl (C=O) groups is 2. The first-order chi connectivity index (χ1) is 8.72. The van der Waals surface area contributed by atoms with Gasteiger partial charge in [0.2, 0.25) is 0 Å². The van der Waals surface area contributed by atoms with Crippen molar-refractivity contribution in [2.45, 2.75) is 6.42 Å². The van der Waals surface area contributed by atoms with E-state index in [1.807, 2.05) is 0 Å². The van der Waals surface area contributed by atoms with Crippen LogP contribution in [0.1, 0.15) is 22.3 Å². The zero-order valence-corrected chi connectivity index (χ0v) is 9.30. The summed E-state index contributed by atoms with van der Waals surface area (Å²) in [5, 5.41) is 5.83. The number of fused-ring (bicyclic) bond motifs is 1. The Labute approximate surface area is 103 Å². The van der Waals surface area contributed by atoms with E-state index in [-0.39, 0.29) is 0 Å². The van der Waals surface area contributed by atoms with E-state index in [0.29, 0.717) is 29.8 Å². The van der Waals surface area contributed by atoms with Crippen LogP contribution in [0.15, 0.2) is 23.3 Å². The van der Waals surface area contributed by atoms with Gasteiger partial charge in [-0.1, -0.05) is 17.0 Å². The molecule has 1 N–H and O–H groups in total. The van der Waals surface area contributed by atoms with E-state index >= 15 is 0 Å². The van der Waals surface area contributed by atoms with Crippen LogP contribution in [0.4, 0.5) is 5.69 Å². The molecule has 0 bridgehead atoms. The van der Waals surface area contributed by atoms with Crippen LogP contribution in [0.2, 0.25) is 0 Å². The fraction of sp³-hybridized carbons (Fsp3) is 0.167. The van der Waals surface area contributed by atoms with Gasteiger partial charge in [-0.2, -0.15) is 0 Å². The smallest absolute Gasteiger partial charge is 0.296 e. The molecule has 0 radical (unpaired) electrons. The lowest BCUT2D eigenvalue weighted by molar-refractivity contribution is -0.112. The van der Waals surface area contributed by atoms with Gasteiger partial charge >= 0.3 is 0 Å². The maximum Gasteiger partial charge on any atom is 0.296 e. The number of anilines is 1. The second-order valence-electron chi connectivity index (χ2n) is 3.55. The van der Waals surface area contributed by atoms with Gasteiger partial charge < -0.3 is 5.32 Å². The van der Waals surface area contributed by atoms with Gasteiger partial charge in [0, 0.05) is 23.4 Å². The molecule has 0 saturated heterocycles. The van der Waals surface area contributed by atoms with Crippen LogP contribution in [0.5, 0.6) is 0 Å². The molecule has 6 heteroatoms. The molecule has 2 rings (SSSR count). The van der Waals surface area contributed by atoms with Crippen LogP contribution < -0.4 is 5.32 Å². The normalized spacial score (nSPS) is 12.0. The number of rotatable bonds is 2. The van der Waals surface area contributed by atoms with Gasteiger partial charge in [0.25, 0.3) is 11.7 Å². The van der Waals surface area contributed by atoms with E-state index in [9.17, 15) is 9.59 Å². The standard InChI is InChI=1S/C12H8N4O2/c13-16-14-6-2-1-3-8-4-5-9-10(7-8)15-12(18)11(9)17/h4-5,7H,2,6H2,(H,15,17,18). The Bertz CT molecular complexity index is 633. The number of nitrogens with zero attached hydrogens (tertiary/aromatic N) is 3. The molecule has 0 spiro atoms. The lowest BCUT2D eigenvalue weighted by Gasteiger charge is -1.96. The Hall–Kier alpha value is -2.77. The van der Waals surface area contributed by atoms with Gasteiger partial charge in [-0.05, 0) is 23.7 Å². The first-order valence-corrected chi connectivity index (χ1v) is 5.22. The van der Waals surface area contributed by atoms with Crippen molar-refractivity contribution in [1.29, 1.82) is 0 Å². The summed E-state index contributed by atoms with van der Waals surface area (Å²) in [5.74, 6) is 4.57. The molecular weight excluding hydrogens is 232 g/mol. The third kappa shape index (κ3) is 2.32. The van der Waals surface area contributed by atoms with Crippen molar-refractivity contribution in [1.82, 2.24) is 0 Å². The predicted octanol–water partition coefficient (Wildman–Crippen LogP) is 1.87. The molecule has 1 aliphatic rings. The summed E-state index contributed by atoms with van der Waals surface area (Å²) in [6, 6.07) is 4.91. The van der Waals surface area contributed by atoms with Crippen LogP contribution >= 0.6 is 0 Å². The second-order valence-corrected chi connectivity index (χ2v) is 3.55. The van der Waals surface area contributed by atoms with Crippen LogP contribution in [0.25, 0.3) is 10.4 Å². The molecule has 0 saturated carbocycles. The average Bonchev–Trinajstić information content (AvgIpc) is 2.65. The Morgan fingerprint density at radius 2 is 2.22 bits per heavy atom. The third-order valence-corrected chi connectivity index (χ3v) is 2.35. The predicted molar refractivity (Wildman–Crippen MR) is 64.9 cm³/mol. The minimum atomic E-state index is -0.613. The highest BCUT2D eigenvalue weighted by Crippen LogP contribution is 2.23. The fourth-order valence-corrected chi connectivity index (χ4v) is 1.54. The number of ketones is 1. The summed E-state index contributed by atoms with van der Waals surface area (Å²) in [5.41, 5.74) is 9.64. The molecule has 18 heavy (non-hydrogen) atoms. The van der Waals surface area contributed by atoms with E-state index in [4.69, 9.17) is 5.53 Å². The first-order valence-electron chi connectivity index (χ1n) is 5.22. The molecule has 1 aromatic rings. The van der Waals surface area contributed by atoms with Crippen LogP contribution in [-0.4, -0.2) is 18.2 Å². The second kappa shape index (κ2) is 5.04. The van der Waals surface area contributed by atoms with E-state index in [1.54, 1.807) is 18.2 Å². The Morgan fingerprint density at radius 1 is 1.39 bits per heavy atom. The van der Waals surface area contributed by atoms with E-state index in [0.717, 1.165) is 0 Å². The lowest BCUT2D eigenvalue weighted by Crippen LogP contribution is -2.12. The number of benzene rings is 1. The quantitative estimate of drug-likeness (QED) is 0.213. The number of carbonyl (C=O) groups excluding carboxylic acids is 2. The number of azide groups is 1. The third-order valence-electron chi connectivity index (χ3n) is 2.35. The average molecular weight is 240 g/mol. The molecule has 1 heterocycles. The topological polar surface area (TPSA) is 94.9 Å². The Kier molecular flexibility index (Phi) is 3.28. The number of hydrogen-bond acceptors (Lipinski definition) is 3. The molecule has 1 aliphatic heterocycles. The van der Waals surface area contributed by atoms with Crippen molar-refractivity contribution >= 4 is 17.4 Å². The molecule has 88 valence electrons. The van der Waals surface area contributed by atoms with Crippen molar-refractivity contribution in [3.8, 4) is 11.8 Å². The first kappa shape index (κ1) is 11.7. The number of nitrogens with one attached hydrogen (secondary N) is 1. The maximum absolute atomic E-state index is 11.3. The monoisotopic (exact) mass is 240 g/mol. The van der Waals surface area contributed by atoms with Crippen molar-refractivity contribution in [2.24, 2.45) is 5.11 Å². The molecule has 1 aromatic carbocycles. The number of hydrogen-bond donors (Lipinski definition) is 1. The molecular formula is C12H8N4O2. The Morgan fingerprint density at radius 3 is 3.00 bits per heavy atom. The summed E-state index contributed by atoms with van der Waals surface area (Å²) in [6.45, 7) is 0.323. The number of Topliss-reactive ketones (excluding diaryl/α,β-unsaturated/α-hetero) is 1. The fourth-order valence-electron chi connectivity index (χ4n) is 1.54. The summed E-state index contributed by atoms with van der Waals surface area (Å²) in [6.07, 6.45) is 0.465. The lowest BCUT2D eigenvalue weighted by atomic mass is 10.1. The van der Waals surface area contributed by atoms with Crippen LogP contribution in [0.3, 0.4) is 0 Å². The summed E-state index contributed by atoms with van der Waals surface area (Å²) < 4.78 is 0. The molecule has 0 aliphatic carbocycles. The summed E-state index contributed by atoms with van der Waals surface area (Å²) in [7, 11) is 0. The molecule has 0 fully saturated rings. The molecule has 0 atom stereocenters. The van der Waals surface area contributed by atoms with Gasteiger partial charge in [0.15, 0.2) is 0 Å². The molecule has 6 nitrogen and oxygen atoms in total. The highest BCUT2D eigenvalue weighted by atomic mass is 16.2. The van der Waals surface area contributed by atoms with E-state index in [1.165, 1.54) is 0 Å². The highest BCUT2D eigenvalue weighted by molar-refractivity contribution is 6.51. The van der Waals surface area contributed by atoms with Gasteiger partial charge in [-0.25, -0.2) is 0 Å². The van der Waals surface area contributed by atoms with Crippen molar-refractivity contribution in [3.05, 3.63) is 39.8 Å². The van der Waals surface area contributed by atoms with Gasteiger partial charge in [0.05, 0.1) is 11.3 Å². The minimum absolute atomic E-state index is 0.323. The molecule has 1 amide bonds. The highest BCUT2D eigenvalue weighted by Gasteiger charge is 2.27. The van der Waals surface area contributed by atoms with Crippen LogP contribution in [0, 0.1) is 11.8 Å². The van der Waals surface area contributed by atoms with Crippen molar-refractivity contribution in [2.75, 3.05) is 11.9 Å². The molecule has 0 aromatic heterocycles.